The maximum absolute atomic E-state index is 12.3. The van der Waals surface area contributed by atoms with Crippen LogP contribution in [0.25, 0.3) is 0 Å². The Bertz CT molecular complexity index is 436. The Balaban J connectivity index is 2.13. The summed E-state index contributed by atoms with van der Waals surface area (Å²) in [6.07, 6.45) is 4.68. The lowest BCUT2D eigenvalue weighted by molar-refractivity contribution is 0.0159. The molecule has 0 saturated carbocycles. The highest BCUT2D eigenvalue weighted by Crippen LogP contribution is 2.24. The van der Waals surface area contributed by atoms with Crippen LogP contribution in [0.5, 0.6) is 5.75 Å². The molecule has 1 aromatic heterocycles. The van der Waals surface area contributed by atoms with Crippen LogP contribution in [0.4, 0.5) is 0 Å². The molecule has 2 rings (SSSR count). The third kappa shape index (κ3) is 2.46. The second kappa shape index (κ2) is 5.35. The average molecular weight is 250 g/mol. The van der Waals surface area contributed by atoms with Crippen molar-refractivity contribution in [2.24, 2.45) is 0 Å². The molecule has 0 radical (unpaired) electrons. The highest BCUT2D eigenvalue weighted by Gasteiger charge is 2.30. The summed E-state index contributed by atoms with van der Waals surface area (Å²) in [6.45, 7) is 2.65. The Labute approximate surface area is 106 Å². The third-order valence-corrected chi connectivity index (χ3v) is 3.45. The number of pyridine rings is 1. The smallest absolute Gasteiger partial charge is 0.257 e. The van der Waals surface area contributed by atoms with E-state index in [9.17, 15) is 9.90 Å². The molecule has 18 heavy (non-hydrogen) atoms. The van der Waals surface area contributed by atoms with Crippen LogP contribution >= 0.6 is 0 Å². The summed E-state index contributed by atoms with van der Waals surface area (Å²) in [7, 11) is 1.70. The minimum absolute atomic E-state index is 0.0661. The molecule has 0 spiro atoms. The molecule has 1 fully saturated rings. The van der Waals surface area contributed by atoms with Crippen molar-refractivity contribution in [3.05, 3.63) is 24.0 Å². The van der Waals surface area contributed by atoms with Gasteiger partial charge in [-0.05, 0) is 25.8 Å². The van der Waals surface area contributed by atoms with Gasteiger partial charge in [-0.3, -0.25) is 9.78 Å². The van der Waals surface area contributed by atoms with Gasteiger partial charge in [0.1, 0.15) is 5.75 Å². The first-order valence-corrected chi connectivity index (χ1v) is 6.10. The van der Waals surface area contributed by atoms with E-state index in [0.29, 0.717) is 12.1 Å². The van der Waals surface area contributed by atoms with E-state index in [1.54, 1.807) is 18.1 Å². The minimum Gasteiger partial charge on any atom is -0.505 e. The van der Waals surface area contributed by atoms with Crippen molar-refractivity contribution in [3.63, 3.8) is 0 Å². The molecule has 2 unspecified atom stereocenters. The first kappa shape index (κ1) is 12.8. The van der Waals surface area contributed by atoms with Crippen LogP contribution in [-0.4, -0.2) is 46.7 Å². The number of carbonyl (C=O) groups is 1. The van der Waals surface area contributed by atoms with E-state index >= 15 is 0 Å². The van der Waals surface area contributed by atoms with Crippen molar-refractivity contribution in [2.75, 3.05) is 13.7 Å². The molecule has 0 bridgehead atoms. The summed E-state index contributed by atoms with van der Waals surface area (Å²) in [4.78, 5) is 17.9. The number of hydrogen-bond acceptors (Lipinski definition) is 4. The van der Waals surface area contributed by atoms with Gasteiger partial charge in [0.05, 0.1) is 17.9 Å². The van der Waals surface area contributed by atoms with Gasteiger partial charge in [0.15, 0.2) is 0 Å². The van der Waals surface area contributed by atoms with Crippen LogP contribution in [0, 0.1) is 0 Å². The highest BCUT2D eigenvalue weighted by atomic mass is 16.5. The monoisotopic (exact) mass is 250 g/mol. The van der Waals surface area contributed by atoms with E-state index < -0.39 is 0 Å². The number of aromatic hydroxyl groups is 1. The van der Waals surface area contributed by atoms with Crippen molar-refractivity contribution in [1.29, 1.82) is 0 Å². The maximum atomic E-state index is 12.3. The molecule has 0 aliphatic carbocycles. The molecule has 1 aliphatic rings. The van der Waals surface area contributed by atoms with E-state index in [0.717, 1.165) is 12.8 Å². The van der Waals surface area contributed by atoms with Crippen molar-refractivity contribution >= 4 is 5.91 Å². The van der Waals surface area contributed by atoms with Crippen LogP contribution in [0.1, 0.15) is 30.1 Å². The zero-order valence-corrected chi connectivity index (χ0v) is 10.7. The Kier molecular flexibility index (Phi) is 3.81. The van der Waals surface area contributed by atoms with E-state index in [-0.39, 0.29) is 23.8 Å². The van der Waals surface area contributed by atoms with Gasteiger partial charge >= 0.3 is 0 Å². The summed E-state index contributed by atoms with van der Waals surface area (Å²) in [5, 5.41) is 9.66. The molecule has 1 amide bonds. The van der Waals surface area contributed by atoms with Crippen LogP contribution in [0.2, 0.25) is 0 Å². The molecule has 0 aromatic carbocycles. The Morgan fingerprint density at radius 3 is 3.00 bits per heavy atom. The number of piperidine rings is 1. The van der Waals surface area contributed by atoms with Gasteiger partial charge in [0.2, 0.25) is 0 Å². The Morgan fingerprint density at radius 1 is 1.61 bits per heavy atom. The van der Waals surface area contributed by atoms with Crippen LogP contribution < -0.4 is 0 Å². The summed E-state index contributed by atoms with van der Waals surface area (Å²) >= 11 is 0. The number of rotatable bonds is 2. The fourth-order valence-electron chi connectivity index (χ4n) is 2.37. The number of ether oxygens (including phenoxy) is 1. The normalized spacial score (nSPS) is 24.0. The molecule has 1 N–H and O–H groups in total. The predicted octanol–water partition coefficient (Wildman–Crippen LogP) is 1.43. The number of methoxy groups -OCH3 is 1. The molecule has 1 saturated heterocycles. The number of hydrogen-bond donors (Lipinski definition) is 1. The number of amides is 1. The molecule has 98 valence electrons. The molecule has 1 aliphatic heterocycles. The van der Waals surface area contributed by atoms with E-state index in [1.165, 1.54) is 12.4 Å². The van der Waals surface area contributed by atoms with Gasteiger partial charge in [0.25, 0.3) is 5.91 Å². The van der Waals surface area contributed by atoms with Gasteiger partial charge in [-0.25, -0.2) is 0 Å². The Morgan fingerprint density at radius 2 is 2.39 bits per heavy atom. The highest BCUT2D eigenvalue weighted by molar-refractivity contribution is 5.96. The molecular formula is C13H18N2O3. The zero-order valence-electron chi connectivity index (χ0n) is 10.7. The molecular weight excluding hydrogens is 232 g/mol. The minimum atomic E-state index is -0.142. The third-order valence-electron chi connectivity index (χ3n) is 3.45. The second-order valence-corrected chi connectivity index (χ2v) is 4.62. The van der Waals surface area contributed by atoms with Crippen LogP contribution in [-0.2, 0) is 4.74 Å². The lowest BCUT2D eigenvalue weighted by Crippen LogP contribution is -2.46. The van der Waals surface area contributed by atoms with Crippen molar-refractivity contribution in [3.8, 4) is 5.75 Å². The van der Waals surface area contributed by atoms with Crippen molar-refractivity contribution in [2.45, 2.75) is 31.9 Å². The van der Waals surface area contributed by atoms with Gasteiger partial charge in [-0.1, -0.05) is 0 Å². The van der Waals surface area contributed by atoms with Gasteiger partial charge in [0, 0.05) is 25.9 Å². The predicted molar refractivity (Wildman–Crippen MR) is 66.4 cm³/mol. The lowest BCUT2D eigenvalue weighted by Gasteiger charge is -2.37. The molecule has 1 aromatic rings. The molecule has 2 heterocycles. The summed E-state index contributed by atoms with van der Waals surface area (Å²) < 4.78 is 5.32. The van der Waals surface area contributed by atoms with Crippen LogP contribution in [0.3, 0.4) is 0 Å². The fraction of sp³-hybridized carbons (Fsp3) is 0.538. The zero-order chi connectivity index (χ0) is 13.1. The maximum Gasteiger partial charge on any atom is 0.257 e. The van der Waals surface area contributed by atoms with Gasteiger partial charge < -0.3 is 14.7 Å². The first-order valence-electron chi connectivity index (χ1n) is 6.10. The topological polar surface area (TPSA) is 62.7 Å². The lowest BCUT2D eigenvalue weighted by atomic mass is 9.99. The van der Waals surface area contributed by atoms with Gasteiger partial charge in [-0.15, -0.1) is 0 Å². The number of likely N-dealkylation sites (tertiary alicyclic amines) is 1. The summed E-state index contributed by atoms with van der Waals surface area (Å²) in [5.41, 5.74) is 0.313. The fourth-order valence-corrected chi connectivity index (χ4v) is 2.37. The second-order valence-electron chi connectivity index (χ2n) is 4.62. The number of aromatic nitrogens is 1. The van der Waals surface area contributed by atoms with Crippen LogP contribution in [0.15, 0.2) is 18.5 Å². The van der Waals surface area contributed by atoms with E-state index in [1.807, 2.05) is 6.92 Å². The van der Waals surface area contributed by atoms with E-state index in [2.05, 4.69) is 4.98 Å². The van der Waals surface area contributed by atoms with E-state index in [4.69, 9.17) is 4.74 Å². The number of nitrogens with zero attached hydrogens (tertiary/aromatic N) is 2. The average Bonchev–Trinajstić information content (AvgIpc) is 2.38. The molecule has 2 atom stereocenters. The SMILES string of the molecule is COC1CCN(C(=O)c2ccncc2O)C(C)C1. The Hall–Kier alpha value is -1.62. The van der Waals surface area contributed by atoms with Crippen molar-refractivity contribution in [1.82, 2.24) is 9.88 Å². The van der Waals surface area contributed by atoms with Crippen molar-refractivity contribution < 1.29 is 14.6 Å². The molecule has 5 nitrogen and oxygen atoms in total. The largest absolute Gasteiger partial charge is 0.505 e. The summed E-state index contributed by atoms with van der Waals surface area (Å²) in [5.74, 6) is -0.208. The number of carbonyl (C=O) groups excluding carboxylic acids is 1. The molecule has 5 heteroatoms. The first-order chi connectivity index (χ1) is 8.63. The standard InChI is InChI=1S/C13H18N2O3/c1-9-7-10(18-2)4-6-15(9)13(17)11-3-5-14-8-12(11)16/h3,5,8-10,16H,4,6-7H2,1-2H3. The summed E-state index contributed by atoms with van der Waals surface area (Å²) in [6, 6.07) is 1.66. The quantitative estimate of drug-likeness (QED) is 0.862. The van der Waals surface area contributed by atoms with Gasteiger partial charge in [-0.2, -0.15) is 0 Å².